The van der Waals surface area contributed by atoms with Crippen molar-refractivity contribution in [2.24, 2.45) is 0 Å². The number of nitrogens with one attached hydrogen (secondary N) is 2. The number of para-hydroxylation sites is 2. The first-order chi connectivity index (χ1) is 14.6. The van der Waals surface area contributed by atoms with Crippen LogP contribution in [0.5, 0.6) is 0 Å². The first-order valence-electron chi connectivity index (χ1n) is 9.92. The van der Waals surface area contributed by atoms with Crippen molar-refractivity contribution in [1.29, 1.82) is 0 Å². The number of anilines is 1. The molecule has 0 bridgehead atoms. The van der Waals surface area contributed by atoms with Gasteiger partial charge in [-0.15, -0.1) is 11.3 Å². The number of hydrogen-bond donors (Lipinski definition) is 2. The van der Waals surface area contributed by atoms with Crippen LogP contribution in [0.25, 0.3) is 27.1 Å². The van der Waals surface area contributed by atoms with E-state index in [0.29, 0.717) is 18.2 Å². The van der Waals surface area contributed by atoms with Crippen LogP contribution in [-0.4, -0.2) is 25.7 Å². The fourth-order valence-electron chi connectivity index (χ4n) is 4.61. The zero-order chi connectivity index (χ0) is 20.4. The first-order valence-corrected chi connectivity index (χ1v) is 10.7. The fraction of sp³-hybridized carbons (Fsp3) is 0.174. The number of amides is 1. The number of nitrogens with zero attached hydrogens (tertiary/aromatic N) is 3. The van der Waals surface area contributed by atoms with Crippen molar-refractivity contribution in [2.45, 2.75) is 26.2 Å². The molecule has 2 N–H and O–H groups in total. The fourth-order valence-corrected chi connectivity index (χ4v) is 5.73. The van der Waals surface area contributed by atoms with Crippen molar-refractivity contribution in [3.63, 3.8) is 0 Å². The predicted octanol–water partition coefficient (Wildman–Crippen LogP) is 5.05. The topological polar surface area (TPSA) is 75.6 Å². The average Bonchev–Trinajstić information content (AvgIpc) is 3.39. The Labute approximate surface area is 176 Å². The number of imidazole rings is 1. The summed E-state index contributed by atoms with van der Waals surface area (Å²) in [7, 11) is 0. The highest BCUT2D eigenvalue weighted by molar-refractivity contribution is 7.19. The molecule has 0 saturated heterocycles. The Morgan fingerprint density at radius 1 is 1.07 bits per heavy atom. The number of aromatic nitrogens is 4. The standard InChI is InChI=1S/C23H19N5OS/c1-12-20-15(21-13(2)30-18-10-6-3-7-14(18)21)11-19(29)26-22(20)28(27-12)23-24-16-8-4-5-9-17(16)25-23/h3-10,15H,11H2,1-2H3,(H,24,25)(H,26,29). The second-order valence-corrected chi connectivity index (χ2v) is 8.97. The Balaban J connectivity index is 1.57. The van der Waals surface area contributed by atoms with E-state index < -0.39 is 0 Å². The molecule has 0 spiro atoms. The minimum Gasteiger partial charge on any atom is -0.322 e. The molecular formula is C23H19N5OS. The summed E-state index contributed by atoms with van der Waals surface area (Å²) >= 11 is 1.78. The van der Waals surface area contributed by atoms with Crippen molar-refractivity contribution < 1.29 is 4.79 Å². The Hall–Kier alpha value is -3.45. The molecule has 0 saturated carbocycles. The van der Waals surface area contributed by atoms with Gasteiger partial charge in [-0.1, -0.05) is 30.3 Å². The molecule has 1 aliphatic heterocycles. The van der Waals surface area contributed by atoms with E-state index >= 15 is 0 Å². The smallest absolute Gasteiger partial charge is 0.231 e. The maximum atomic E-state index is 12.8. The molecule has 5 aromatic rings. The van der Waals surface area contributed by atoms with E-state index in [2.05, 4.69) is 46.5 Å². The summed E-state index contributed by atoms with van der Waals surface area (Å²) in [4.78, 5) is 22.0. The maximum absolute atomic E-state index is 12.8. The lowest BCUT2D eigenvalue weighted by Gasteiger charge is -2.24. The van der Waals surface area contributed by atoms with Crippen LogP contribution < -0.4 is 5.32 Å². The summed E-state index contributed by atoms with van der Waals surface area (Å²) in [5.74, 6) is 1.29. The Morgan fingerprint density at radius 2 is 1.87 bits per heavy atom. The number of benzene rings is 2. The van der Waals surface area contributed by atoms with E-state index in [1.165, 1.54) is 20.5 Å². The summed E-state index contributed by atoms with van der Waals surface area (Å²) in [6.07, 6.45) is 0.418. The number of aromatic amines is 1. The molecule has 30 heavy (non-hydrogen) atoms. The van der Waals surface area contributed by atoms with Gasteiger partial charge in [0, 0.05) is 27.5 Å². The Bertz CT molecular complexity index is 1420. The first kappa shape index (κ1) is 17.4. The number of fused-ring (bicyclic) bond motifs is 3. The van der Waals surface area contributed by atoms with E-state index in [9.17, 15) is 4.79 Å². The molecule has 4 heterocycles. The molecule has 3 aromatic heterocycles. The summed E-state index contributed by atoms with van der Waals surface area (Å²) in [5, 5.41) is 9.05. The lowest BCUT2D eigenvalue weighted by Crippen LogP contribution is -2.25. The molecule has 6 rings (SSSR count). The van der Waals surface area contributed by atoms with Crippen molar-refractivity contribution >= 4 is 44.2 Å². The number of hydrogen-bond acceptors (Lipinski definition) is 4. The normalized spacial score (nSPS) is 16.2. The molecule has 2 aromatic carbocycles. The molecule has 1 unspecified atom stereocenters. The quantitative estimate of drug-likeness (QED) is 0.425. The van der Waals surface area contributed by atoms with Crippen LogP contribution in [0.15, 0.2) is 48.5 Å². The molecule has 6 nitrogen and oxygen atoms in total. The Kier molecular flexibility index (Phi) is 3.64. The lowest BCUT2D eigenvalue weighted by atomic mass is 9.84. The summed E-state index contributed by atoms with van der Waals surface area (Å²) < 4.78 is 2.98. The second-order valence-electron chi connectivity index (χ2n) is 7.71. The molecule has 1 amide bonds. The molecule has 1 atom stereocenters. The van der Waals surface area contributed by atoms with Gasteiger partial charge in [-0.25, -0.2) is 4.98 Å². The summed E-state index contributed by atoms with van der Waals surface area (Å²) in [6, 6.07) is 16.3. The van der Waals surface area contributed by atoms with Gasteiger partial charge in [-0.05, 0) is 43.0 Å². The lowest BCUT2D eigenvalue weighted by molar-refractivity contribution is -0.116. The number of thiophene rings is 1. The van der Waals surface area contributed by atoms with E-state index in [0.717, 1.165) is 22.3 Å². The van der Waals surface area contributed by atoms with Gasteiger partial charge >= 0.3 is 0 Å². The molecule has 148 valence electrons. The number of carbonyl (C=O) groups is 1. The summed E-state index contributed by atoms with van der Waals surface area (Å²) in [6.45, 7) is 4.15. The van der Waals surface area contributed by atoms with Gasteiger partial charge in [0.15, 0.2) is 0 Å². The molecule has 0 fully saturated rings. The summed E-state index contributed by atoms with van der Waals surface area (Å²) in [5.41, 5.74) is 5.02. The molecule has 0 aliphatic carbocycles. The van der Waals surface area contributed by atoms with Crippen LogP contribution in [0.2, 0.25) is 0 Å². The van der Waals surface area contributed by atoms with Crippen LogP contribution in [0.3, 0.4) is 0 Å². The molecule has 7 heteroatoms. The van der Waals surface area contributed by atoms with Crippen LogP contribution in [-0.2, 0) is 4.79 Å². The van der Waals surface area contributed by atoms with E-state index in [1.54, 1.807) is 16.0 Å². The van der Waals surface area contributed by atoms with Gasteiger partial charge in [0.25, 0.3) is 0 Å². The monoisotopic (exact) mass is 413 g/mol. The van der Waals surface area contributed by atoms with Gasteiger partial charge in [0.05, 0.1) is 16.7 Å². The Morgan fingerprint density at radius 3 is 2.73 bits per heavy atom. The van der Waals surface area contributed by atoms with Crippen LogP contribution >= 0.6 is 11.3 Å². The van der Waals surface area contributed by atoms with Gasteiger partial charge in [-0.3, -0.25) is 4.79 Å². The maximum Gasteiger partial charge on any atom is 0.231 e. The predicted molar refractivity (Wildman–Crippen MR) is 120 cm³/mol. The molecule has 1 aliphatic rings. The van der Waals surface area contributed by atoms with Crippen LogP contribution in [0.1, 0.15) is 34.0 Å². The highest BCUT2D eigenvalue weighted by Crippen LogP contribution is 2.45. The van der Waals surface area contributed by atoms with Crippen molar-refractivity contribution in [1.82, 2.24) is 19.7 Å². The number of H-pyrrole nitrogens is 1. The van der Waals surface area contributed by atoms with Crippen LogP contribution in [0.4, 0.5) is 5.82 Å². The third kappa shape index (κ3) is 2.45. The largest absolute Gasteiger partial charge is 0.322 e. The third-order valence-corrected chi connectivity index (χ3v) is 6.95. The van der Waals surface area contributed by atoms with Gasteiger partial charge in [0.1, 0.15) is 5.82 Å². The van der Waals surface area contributed by atoms with E-state index in [4.69, 9.17) is 5.10 Å². The second kappa shape index (κ2) is 6.27. The highest BCUT2D eigenvalue weighted by Gasteiger charge is 2.35. The molecular weight excluding hydrogens is 394 g/mol. The van der Waals surface area contributed by atoms with Gasteiger partial charge in [-0.2, -0.15) is 9.78 Å². The van der Waals surface area contributed by atoms with Crippen molar-refractivity contribution in [2.75, 3.05) is 5.32 Å². The van der Waals surface area contributed by atoms with Gasteiger partial charge in [0.2, 0.25) is 11.9 Å². The highest BCUT2D eigenvalue weighted by atomic mass is 32.1. The molecule has 0 radical (unpaired) electrons. The number of carbonyl (C=O) groups excluding carboxylic acids is 1. The van der Waals surface area contributed by atoms with Crippen LogP contribution in [0, 0.1) is 13.8 Å². The minimum absolute atomic E-state index is 0.000516. The van der Waals surface area contributed by atoms with Crippen molar-refractivity contribution in [3.8, 4) is 5.95 Å². The van der Waals surface area contributed by atoms with Gasteiger partial charge < -0.3 is 10.3 Å². The average molecular weight is 414 g/mol. The number of aryl methyl sites for hydroxylation is 2. The van der Waals surface area contributed by atoms with E-state index in [1.807, 2.05) is 31.2 Å². The zero-order valence-electron chi connectivity index (χ0n) is 16.6. The minimum atomic E-state index is -0.0250. The number of rotatable bonds is 2. The third-order valence-electron chi connectivity index (χ3n) is 5.85. The zero-order valence-corrected chi connectivity index (χ0v) is 17.4. The van der Waals surface area contributed by atoms with Crippen molar-refractivity contribution in [3.05, 3.63) is 70.2 Å². The SMILES string of the molecule is Cc1nn(-c2nc3ccccc3[nH]2)c2c1C(c1c(C)sc3ccccc13)CC(=O)N2. The van der Waals surface area contributed by atoms with E-state index in [-0.39, 0.29) is 11.8 Å².